The van der Waals surface area contributed by atoms with Gasteiger partial charge in [0.25, 0.3) is 0 Å². The summed E-state index contributed by atoms with van der Waals surface area (Å²) >= 11 is 0. The second-order valence-electron chi connectivity index (χ2n) is 7.41. The molecule has 1 aliphatic rings. The van der Waals surface area contributed by atoms with E-state index in [9.17, 15) is 5.11 Å². The van der Waals surface area contributed by atoms with Gasteiger partial charge < -0.3 is 5.11 Å². The molecule has 0 heterocycles. The smallest absolute Gasteiger partial charge is 0.0905 e. The van der Waals surface area contributed by atoms with Crippen LogP contribution in [-0.4, -0.2) is 13.2 Å². The molecule has 0 amide bonds. The van der Waals surface area contributed by atoms with Crippen LogP contribution >= 0.6 is 0 Å². The van der Waals surface area contributed by atoms with E-state index in [4.69, 9.17) is 0 Å². The topological polar surface area (TPSA) is 20.2 Å². The van der Waals surface area contributed by atoms with Gasteiger partial charge in [-0.3, -0.25) is 0 Å². The lowest BCUT2D eigenvalue weighted by Gasteiger charge is -2.33. The van der Waals surface area contributed by atoms with Gasteiger partial charge in [-0.1, -0.05) is 57.8 Å². The third-order valence-electron chi connectivity index (χ3n) is 4.27. The number of aliphatic hydroxyl groups is 1. The summed E-state index contributed by atoms with van der Waals surface area (Å²) in [5.41, 5.74) is 2.11. The Morgan fingerprint density at radius 3 is 2.22 bits per heavy atom. The quantitative estimate of drug-likeness (QED) is 0.806. The minimum atomic E-state index is -1.15. The molecule has 0 aliphatic heterocycles. The first-order chi connectivity index (χ1) is 8.20. The lowest BCUT2D eigenvalue weighted by molar-refractivity contribution is 0.0216. The molecule has 1 aromatic rings. The van der Waals surface area contributed by atoms with Crippen LogP contribution in [0.1, 0.15) is 37.8 Å². The standard InChI is InChI=1S/C16H26OSi/c1-6-16(17)11-15(2,12-18(3,4)5)13-9-7-8-10-14(13)16/h7-10,17H,6,11-12H2,1-5H3/t15-,16-/m0/s1. The van der Waals surface area contributed by atoms with E-state index < -0.39 is 13.7 Å². The van der Waals surface area contributed by atoms with Crippen LogP contribution in [0.2, 0.25) is 25.7 Å². The fraction of sp³-hybridized carbons (Fsp3) is 0.625. The monoisotopic (exact) mass is 262 g/mol. The Morgan fingerprint density at radius 1 is 1.17 bits per heavy atom. The summed E-state index contributed by atoms with van der Waals surface area (Å²) in [5, 5.41) is 10.9. The van der Waals surface area contributed by atoms with Crippen molar-refractivity contribution in [1.29, 1.82) is 0 Å². The van der Waals surface area contributed by atoms with Crippen LogP contribution in [0.4, 0.5) is 0 Å². The van der Waals surface area contributed by atoms with Gasteiger partial charge in [0.1, 0.15) is 0 Å². The Bertz CT molecular complexity index is 449. The van der Waals surface area contributed by atoms with Crippen LogP contribution in [0, 0.1) is 0 Å². The molecular formula is C16H26OSi. The van der Waals surface area contributed by atoms with E-state index in [2.05, 4.69) is 57.8 Å². The largest absolute Gasteiger partial charge is 0.385 e. The highest BCUT2D eigenvalue weighted by Gasteiger charge is 2.48. The van der Waals surface area contributed by atoms with Crippen molar-refractivity contribution in [3.8, 4) is 0 Å². The molecule has 1 aromatic carbocycles. The van der Waals surface area contributed by atoms with Gasteiger partial charge in [0.05, 0.1) is 5.60 Å². The number of hydrogen-bond donors (Lipinski definition) is 1. The van der Waals surface area contributed by atoms with Crippen molar-refractivity contribution in [3.63, 3.8) is 0 Å². The first kappa shape index (κ1) is 13.8. The predicted molar refractivity (Wildman–Crippen MR) is 80.8 cm³/mol. The Morgan fingerprint density at radius 2 is 1.72 bits per heavy atom. The molecule has 100 valence electrons. The van der Waals surface area contributed by atoms with E-state index >= 15 is 0 Å². The average molecular weight is 262 g/mol. The molecule has 0 spiro atoms. The van der Waals surface area contributed by atoms with Gasteiger partial charge >= 0.3 is 0 Å². The first-order valence-electron chi connectivity index (χ1n) is 7.03. The second kappa shape index (κ2) is 4.21. The van der Waals surface area contributed by atoms with Crippen molar-refractivity contribution >= 4 is 8.07 Å². The number of benzene rings is 1. The van der Waals surface area contributed by atoms with Gasteiger partial charge in [-0.25, -0.2) is 0 Å². The lowest BCUT2D eigenvalue weighted by Crippen LogP contribution is -2.34. The van der Waals surface area contributed by atoms with Crippen molar-refractivity contribution in [3.05, 3.63) is 35.4 Å². The minimum Gasteiger partial charge on any atom is -0.385 e. The van der Waals surface area contributed by atoms with Crippen molar-refractivity contribution in [1.82, 2.24) is 0 Å². The Kier molecular flexibility index (Phi) is 3.23. The summed E-state index contributed by atoms with van der Waals surface area (Å²) in [5.74, 6) is 0. The maximum absolute atomic E-state index is 10.9. The summed E-state index contributed by atoms with van der Waals surface area (Å²) in [6.45, 7) is 11.7. The summed E-state index contributed by atoms with van der Waals surface area (Å²) in [6.07, 6.45) is 1.70. The Balaban J connectivity index is 2.49. The van der Waals surface area contributed by atoms with E-state index in [1.54, 1.807) is 0 Å². The molecule has 0 saturated carbocycles. The van der Waals surface area contributed by atoms with E-state index in [1.807, 2.05) is 0 Å². The molecule has 1 aliphatic carbocycles. The van der Waals surface area contributed by atoms with E-state index in [0.717, 1.165) is 12.8 Å². The molecule has 1 N–H and O–H groups in total. The molecule has 0 aromatic heterocycles. The zero-order valence-corrected chi connectivity index (χ0v) is 13.4. The number of hydrogen-bond acceptors (Lipinski definition) is 1. The van der Waals surface area contributed by atoms with Crippen LogP contribution in [0.15, 0.2) is 24.3 Å². The average Bonchev–Trinajstić information content (AvgIpc) is 2.47. The van der Waals surface area contributed by atoms with Crippen LogP contribution in [0.5, 0.6) is 0 Å². The minimum absolute atomic E-state index is 0.159. The highest BCUT2D eigenvalue weighted by atomic mass is 28.3. The zero-order valence-electron chi connectivity index (χ0n) is 12.4. The first-order valence-corrected chi connectivity index (χ1v) is 10.7. The Hall–Kier alpha value is -0.603. The molecule has 18 heavy (non-hydrogen) atoms. The third-order valence-corrected chi connectivity index (χ3v) is 6.11. The number of fused-ring (bicyclic) bond motifs is 1. The molecule has 0 fully saturated rings. The third kappa shape index (κ3) is 2.28. The van der Waals surface area contributed by atoms with Crippen molar-refractivity contribution < 1.29 is 5.11 Å². The second-order valence-corrected chi connectivity index (χ2v) is 12.9. The van der Waals surface area contributed by atoms with Crippen molar-refractivity contribution in [2.75, 3.05) is 0 Å². The molecule has 1 nitrogen and oxygen atoms in total. The van der Waals surface area contributed by atoms with Crippen LogP contribution < -0.4 is 0 Å². The van der Waals surface area contributed by atoms with Gasteiger partial charge in [-0.15, -0.1) is 0 Å². The molecule has 2 heteroatoms. The summed E-state index contributed by atoms with van der Waals surface area (Å²) < 4.78 is 0. The molecule has 0 radical (unpaired) electrons. The molecule has 2 atom stereocenters. The maximum atomic E-state index is 10.9. The van der Waals surface area contributed by atoms with Gasteiger partial charge in [0.2, 0.25) is 0 Å². The van der Waals surface area contributed by atoms with Crippen LogP contribution in [0.3, 0.4) is 0 Å². The predicted octanol–water partition coefficient (Wildman–Crippen LogP) is 4.28. The summed E-state index contributed by atoms with van der Waals surface area (Å²) in [6, 6.07) is 9.76. The van der Waals surface area contributed by atoms with Gasteiger partial charge in [0, 0.05) is 8.07 Å². The van der Waals surface area contributed by atoms with E-state index in [-0.39, 0.29) is 5.41 Å². The molecule has 0 bridgehead atoms. The molecule has 0 unspecified atom stereocenters. The maximum Gasteiger partial charge on any atom is 0.0905 e. The summed E-state index contributed by atoms with van der Waals surface area (Å²) in [4.78, 5) is 0. The van der Waals surface area contributed by atoms with Crippen molar-refractivity contribution in [2.45, 2.75) is 63.4 Å². The fourth-order valence-corrected chi connectivity index (χ4v) is 6.55. The van der Waals surface area contributed by atoms with Crippen LogP contribution in [-0.2, 0) is 11.0 Å². The highest BCUT2D eigenvalue weighted by molar-refractivity contribution is 6.76. The normalized spacial score (nSPS) is 31.4. The SMILES string of the molecule is CC[C@]1(O)C[C@@](C)(C[Si](C)(C)C)c2ccccc21. The summed E-state index contributed by atoms with van der Waals surface area (Å²) in [7, 11) is -1.15. The molecule has 0 saturated heterocycles. The van der Waals surface area contributed by atoms with Gasteiger partial charge in [-0.05, 0) is 35.4 Å². The fourth-order valence-electron chi connectivity index (χ4n) is 3.89. The zero-order chi connectivity index (χ0) is 13.6. The Labute approximate surface area is 112 Å². The van der Waals surface area contributed by atoms with E-state index in [0.29, 0.717) is 0 Å². The number of rotatable bonds is 3. The lowest BCUT2D eigenvalue weighted by atomic mass is 9.84. The van der Waals surface area contributed by atoms with E-state index in [1.165, 1.54) is 17.2 Å². The molecular weight excluding hydrogens is 236 g/mol. The van der Waals surface area contributed by atoms with Gasteiger partial charge in [-0.2, -0.15) is 0 Å². The molecule has 2 rings (SSSR count). The van der Waals surface area contributed by atoms with Crippen LogP contribution in [0.25, 0.3) is 0 Å². The van der Waals surface area contributed by atoms with Crippen molar-refractivity contribution in [2.24, 2.45) is 0 Å². The highest BCUT2D eigenvalue weighted by Crippen LogP contribution is 2.53. The van der Waals surface area contributed by atoms with Gasteiger partial charge in [0.15, 0.2) is 0 Å².